The number of amides is 1. The van der Waals surface area contributed by atoms with E-state index in [9.17, 15) is 4.79 Å². The molecule has 29 heavy (non-hydrogen) atoms. The molecule has 2 heterocycles. The molecule has 1 aromatic carbocycles. The summed E-state index contributed by atoms with van der Waals surface area (Å²) in [6, 6.07) is 6.82. The first kappa shape index (κ1) is 18.7. The van der Waals surface area contributed by atoms with Crippen molar-refractivity contribution in [3.05, 3.63) is 41.6 Å². The van der Waals surface area contributed by atoms with Crippen LogP contribution < -0.4 is 4.84 Å². The summed E-state index contributed by atoms with van der Waals surface area (Å²) in [5.41, 5.74) is 5.08. The fourth-order valence-electron chi connectivity index (χ4n) is 5.03. The minimum Gasteiger partial charge on any atom is -0.414 e. The molecule has 0 saturated heterocycles. The van der Waals surface area contributed by atoms with Crippen LogP contribution in [0.5, 0.6) is 0 Å². The van der Waals surface area contributed by atoms with Crippen molar-refractivity contribution in [1.29, 1.82) is 0 Å². The van der Waals surface area contributed by atoms with Crippen molar-refractivity contribution in [3.63, 3.8) is 0 Å². The Kier molecular flexibility index (Phi) is 4.66. The van der Waals surface area contributed by atoms with Gasteiger partial charge in [0.05, 0.1) is 11.4 Å². The van der Waals surface area contributed by atoms with E-state index < -0.39 is 0 Å². The smallest absolute Gasteiger partial charge is 0.230 e. The van der Waals surface area contributed by atoms with Gasteiger partial charge in [0.25, 0.3) is 0 Å². The van der Waals surface area contributed by atoms with Crippen molar-refractivity contribution in [1.82, 2.24) is 14.5 Å². The third-order valence-electron chi connectivity index (χ3n) is 6.89. The topological polar surface area (TPSA) is 37.7 Å². The lowest BCUT2D eigenvalue weighted by Gasteiger charge is -2.40. The molecule has 2 aliphatic carbocycles. The maximum Gasteiger partial charge on any atom is 0.230 e. The fraction of sp³-hybridized carbons (Fsp3) is 0.542. The average Bonchev–Trinajstić information content (AvgIpc) is 3.50. The Morgan fingerprint density at radius 1 is 1.24 bits per heavy atom. The van der Waals surface area contributed by atoms with Gasteiger partial charge in [0.15, 0.2) is 0 Å². The lowest BCUT2D eigenvalue weighted by molar-refractivity contribution is -0.134. The molecule has 0 radical (unpaired) electrons. The second-order valence-corrected chi connectivity index (χ2v) is 8.82. The summed E-state index contributed by atoms with van der Waals surface area (Å²) in [6.45, 7) is 7.24. The Bertz CT molecular complexity index is 968. The molecule has 154 valence electrons. The first-order valence-corrected chi connectivity index (χ1v) is 11.1. The molecule has 2 aromatic rings. The highest BCUT2D eigenvalue weighted by molar-refractivity contribution is 5.99. The summed E-state index contributed by atoms with van der Waals surface area (Å²) in [6.07, 6.45) is 8.00. The molecule has 1 aromatic heterocycles. The number of benzene rings is 1. The standard InChI is InChI=1S/C24H31N3O2/c1-4-26(5-2)24(28)18-11-20-19-7-6-8-21-23(19)17(12-22(20)25(3)13-18)14-27(21)29-15-16-9-10-16/h6-8,11,14,16,18,22H,4-5,9-10,12-13,15H2,1-3H3. The van der Waals surface area contributed by atoms with Crippen LogP contribution >= 0.6 is 0 Å². The fourth-order valence-corrected chi connectivity index (χ4v) is 5.03. The summed E-state index contributed by atoms with van der Waals surface area (Å²) < 4.78 is 1.99. The number of fused-ring (bicyclic) bond motifs is 2. The summed E-state index contributed by atoms with van der Waals surface area (Å²) in [7, 11) is 2.16. The van der Waals surface area contributed by atoms with Gasteiger partial charge in [-0.15, -0.1) is 0 Å². The van der Waals surface area contributed by atoms with Crippen molar-refractivity contribution in [3.8, 4) is 0 Å². The Labute approximate surface area is 172 Å². The van der Waals surface area contributed by atoms with E-state index in [2.05, 4.69) is 56.3 Å². The molecule has 5 heteroatoms. The van der Waals surface area contributed by atoms with Crippen molar-refractivity contribution in [2.45, 2.75) is 39.2 Å². The number of hydrogen-bond acceptors (Lipinski definition) is 3. The molecule has 0 bridgehead atoms. The maximum absolute atomic E-state index is 13.1. The van der Waals surface area contributed by atoms with Crippen LogP contribution in [0, 0.1) is 11.8 Å². The van der Waals surface area contributed by atoms with E-state index in [1.807, 2.05) is 9.63 Å². The Balaban J connectivity index is 1.54. The molecular weight excluding hydrogens is 362 g/mol. The third-order valence-corrected chi connectivity index (χ3v) is 6.89. The van der Waals surface area contributed by atoms with Gasteiger partial charge in [-0.2, -0.15) is 4.73 Å². The molecule has 5 nitrogen and oxygen atoms in total. The monoisotopic (exact) mass is 393 g/mol. The molecule has 5 rings (SSSR count). The van der Waals surface area contributed by atoms with Crippen molar-refractivity contribution < 1.29 is 9.63 Å². The van der Waals surface area contributed by atoms with Gasteiger partial charge >= 0.3 is 0 Å². The van der Waals surface area contributed by atoms with Gasteiger partial charge in [0.2, 0.25) is 5.91 Å². The van der Waals surface area contributed by atoms with Gasteiger partial charge in [0, 0.05) is 37.3 Å². The molecule has 3 aliphatic rings. The molecule has 2 atom stereocenters. The van der Waals surface area contributed by atoms with E-state index in [0.29, 0.717) is 6.04 Å². The van der Waals surface area contributed by atoms with Gasteiger partial charge in [-0.3, -0.25) is 9.69 Å². The van der Waals surface area contributed by atoms with Crippen LogP contribution in [0.4, 0.5) is 0 Å². The van der Waals surface area contributed by atoms with Crippen LogP contribution in [0.25, 0.3) is 16.5 Å². The third kappa shape index (κ3) is 3.16. The molecular formula is C24H31N3O2. The van der Waals surface area contributed by atoms with Crippen LogP contribution in [0.15, 0.2) is 30.5 Å². The molecule has 0 spiro atoms. The predicted octanol–water partition coefficient (Wildman–Crippen LogP) is 3.22. The minimum absolute atomic E-state index is 0.0730. The number of likely N-dealkylation sites (N-methyl/N-ethyl adjacent to an activating group) is 1. The summed E-state index contributed by atoms with van der Waals surface area (Å²) in [5.74, 6) is 0.903. The predicted molar refractivity (Wildman–Crippen MR) is 116 cm³/mol. The normalized spacial score (nSPS) is 23.6. The Morgan fingerprint density at radius 2 is 2.03 bits per heavy atom. The van der Waals surface area contributed by atoms with Gasteiger partial charge in [0.1, 0.15) is 6.61 Å². The van der Waals surface area contributed by atoms with Crippen LogP contribution in [-0.4, -0.2) is 59.8 Å². The van der Waals surface area contributed by atoms with E-state index in [1.165, 1.54) is 34.9 Å². The lowest BCUT2D eigenvalue weighted by Crippen LogP contribution is -2.47. The Morgan fingerprint density at radius 3 is 2.76 bits per heavy atom. The van der Waals surface area contributed by atoms with Crippen molar-refractivity contribution in [2.75, 3.05) is 33.3 Å². The first-order valence-electron chi connectivity index (χ1n) is 11.1. The van der Waals surface area contributed by atoms with E-state index in [1.54, 1.807) is 0 Å². The highest BCUT2D eigenvalue weighted by Crippen LogP contribution is 2.41. The maximum atomic E-state index is 13.1. The van der Waals surface area contributed by atoms with E-state index >= 15 is 0 Å². The van der Waals surface area contributed by atoms with Crippen molar-refractivity contribution in [2.24, 2.45) is 11.8 Å². The number of carbonyl (C=O) groups is 1. The van der Waals surface area contributed by atoms with Crippen molar-refractivity contribution >= 4 is 22.4 Å². The molecule has 1 amide bonds. The van der Waals surface area contributed by atoms with Gasteiger partial charge in [-0.25, -0.2) is 0 Å². The van der Waals surface area contributed by atoms with Crippen LogP contribution in [-0.2, 0) is 11.2 Å². The zero-order valence-electron chi connectivity index (χ0n) is 17.7. The first-order chi connectivity index (χ1) is 14.1. The highest BCUT2D eigenvalue weighted by atomic mass is 16.7. The van der Waals surface area contributed by atoms with Gasteiger partial charge < -0.3 is 9.74 Å². The van der Waals surface area contributed by atoms with Crippen LogP contribution in [0.3, 0.4) is 0 Å². The van der Waals surface area contributed by atoms with Crippen LogP contribution in [0.1, 0.15) is 37.8 Å². The zero-order chi connectivity index (χ0) is 20.1. The number of rotatable bonds is 6. The number of hydrogen-bond donors (Lipinski definition) is 0. The molecule has 1 saturated carbocycles. The second kappa shape index (κ2) is 7.21. The van der Waals surface area contributed by atoms with E-state index in [4.69, 9.17) is 4.84 Å². The molecule has 0 N–H and O–H groups in total. The van der Waals surface area contributed by atoms with Gasteiger partial charge in [-0.05, 0) is 68.8 Å². The second-order valence-electron chi connectivity index (χ2n) is 8.82. The Hall–Kier alpha value is -2.27. The summed E-state index contributed by atoms with van der Waals surface area (Å²) >= 11 is 0. The number of carbonyl (C=O) groups excluding carboxylic acids is 1. The summed E-state index contributed by atoms with van der Waals surface area (Å²) in [4.78, 5) is 23.5. The number of aromatic nitrogens is 1. The average molecular weight is 394 g/mol. The lowest BCUT2D eigenvalue weighted by atomic mass is 9.79. The molecule has 1 aliphatic heterocycles. The minimum atomic E-state index is -0.0730. The van der Waals surface area contributed by atoms with E-state index in [0.717, 1.165) is 44.1 Å². The summed E-state index contributed by atoms with van der Waals surface area (Å²) in [5, 5.41) is 1.30. The molecule has 2 unspecified atom stereocenters. The quantitative estimate of drug-likeness (QED) is 0.756. The SMILES string of the molecule is CCN(CC)C(=O)C1C=C2c3cccc4c3c(cn4OCC3CC3)CC2N(C)C1. The van der Waals surface area contributed by atoms with Gasteiger partial charge in [-0.1, -0.05) is 18.2 Å². The molecule has 1 fully saturated rings. The number of nitrogens with zero attached hydrogens (tertiary/aromatic N) is 3. The largest absolute Gasteiger partial charge is 0.414 e. The zero-order valence-corrected chi connectivity index (χ0v) is 17.7. The van der Waals surface area contributed by atoms with Crippen LogP contribution in [0.2, 0.25) is 0 Å². The highest BCUT2D eigenvalue weighted by Gasteiger charge is 2.37. The van der Waals surface area contributed by atoms with E-state index in [-0.39, 0.29) is 11.8 Å².